The SMILES string of the molecule is COc1cccc(NC(=O)C2[C@@H]3C=CC4(O3)C(C(=O)NC3CCCCC3)N(CCc3ccc(OC)c(OC)c3)C(=O)[C@H]24)c1. The van der Waals surface area contributed by atoms with E-state index in [1.165, 1.54) is 0 Å². The maximum atomic E-state index is 14.3. The molecule has 2 N–H and O–H groups in total. The molecule has 2 saturated heterocycles. The molecular weight excluding hydrogens is 550 g/mol. The molecule has 3 heterocycles. The molecule has 3 amide bonds. The van der Waals surface area contributed by atoms with Crippen LogP contribution in [0.15, 0.2) is 54.6 Å². The summed E-state index contributed by atoms with van der Waals surface area (Å²) >= 11 is 0. The van der Waals surface area contributed by atoms with Crippen LogP contribution >= 0.6 is 0 Å². The number of amides is 3. The van der Waals surface area contributed by atoms with Crippen molar-refractivity contribution in [2.75, 3.05) is 33.2 Å². The molecule has 0 aromatic heterocycles. The Morgan fingerprint density at radius 3 is 2.51 bits per heavy atom. The first-order valence-electron chi connectivity index (χ1n) is 15.0. The second-order valence-electron chi connectivity index (χ2n) is 11.7. The van der Waals surface area contributed by atoms with Crippen LogP contribution in [-0.2, 0) is 25.5 Å². The van der Waals surface area contributed by atoms with Gasteiger partial charge >= 0.3 is 0 Å². The van der Waals surface area contributed by atoms with Gasteiger partial charge in [0.2, 0.25) is 17.7 Å². The van der Waals surface area contributed by atoms with Crippen LogP contribution in [0, 0.1) is 11.8 Å². The number of hydrogen-bond acceptors (Lipinski definition) is 7. The minimum absolute atomic E-state index is 0.0641. The molecule has 3 unspecified atom stereocenters. The van der Waals surface area contributed by atoms with Crippen LogP contribution in [-0.4, -0.2) is 74.3 Å². The Balaban J connectivity index is 1.28. The fraction of sp³-hybridized carbons (Fsp3) is 0.485. The number of benzene rings is 2. The average Bonchev–Trinajstić information content (AvgIpc) is 3.67. The number of fused-ring (bicyclic) bond motifs is 1. The molecule has 2 bridgehead atoms. The van der Waals surface area contributed by atoms with Crippen LogP contribution in [0.25, 0.3) is 0 Å². The highest BCUT2D eigenvalue weighted by Crippen LogP contribution is 2.55. The Kier molecular flexibility index (Phi) is 8.05. The molecule has 2 aromatic carbocycles. The number of carbonyl (C=O) groups excluding carboxylic acids is 3. The summed E-state index contributed by atoms with van der Waals surface area (Å²) < 4.78 is 22.6. The van der Waals surface area contributed by atoms with Crippen LogP contribution in [0.2, 0.25) is 0 Å². The maximum absolute atomic E-state index is 14.3. The number of carbonyl (C=O) groups is 3. The first kappa shape index (κ1) is 29.0. The smallest absolute Gasteiger partial charge is 0.246 e. The van der Waals surface area contributed by atoms with E-state index in [1.54, 1.807) is 50.5 Å². The van der Waals surface area contributed by atoms with Crippen molar-refractivity contribution in [2.45, 2.75) is 62.3 Å². The van der Waals surface area contributed by atoms with Gasteiger partial charge in [-0.3, -0.25) is 14.4 Å². The molecule has 1 aliphatic carbocycles. The molecule has 5 atom stereocenters. The van der Waals surface area contributed by atoms with Crippen LogP contribution in [0.3, 0.4) is 0 Å². The van der Waals surface area contributed by atoms with Gasteiger partial charge in [-0.15, -0.1) is 0 Å². The van der Waals surface area contributed by atoms with Crippen LogP contribution < -0.4 is 24.8 Å². The van der Waals surface area contributed by atoms with Gasteiger partial charge in [0, 0.05) is 24.3 Å². The number of nitrogens with one attached hydrogen (secondary N) is 2. The van der Waals surface area contributed by atoms with Crippen molar-refractivity contribution in [2.24, 2.45) is 11.8 Å². The number of hydrogen-bond donors (Lipinski definition) is 2. The normalized spacial score (nSPS) is 27.6. The van der Waals surface area contributed by atoms with Gasteiger partial charge in [-0.2, -0.15) is 0 Å². The van der Waals surface area contributed by atoms with Crippen molar-refractivity contribution in [1.29, 1.82) is 0 Å². The van der Waals surface area contributed by atoms with Crippen molar-refractivity contribution in [3.05, 3.63) is 60.2 Å². The molecule has 3 aliphatic heterocycles. The molecule has 6 rings (SSSR count). The van der Waals surface area contributed by atoms with Gasteiger partial charge in [-0.25, -0.2) is 0 Å². The van der Waals surface area contributed by atoms with Crippen LogP contribution in [0.5, 0.6) is 17.2 Å². The van der Waals surface area contributed by atoms with E-state index in [9.17, 15) is 14.4 Å². The third-order valence-corrected chi connectivity index (χ3v) is 9.30. The quantitative estimate of drug-likeness (QED) is 0.408. The Morgan fingerprint density at radius 1 is 0.977 bits per heavy atom. The van der Waals surface area contributed by atoms with Gasteiger partial charge < -0.3 is 34.5 Å². The molecule has 2 aromatic rings. The lowest BCUT2D eigenvalue weighted by atomic mass is 9.74. The van der Waals surface area contributed by atoms with Gasteiger partial charge in [0.15, 0.2) is 11.5 Å². The molecule has 4 aliphatic rings. The lowest BCUT2D eigenvalue weighted by Gasteiger charge is -2.34. The summed E-state index contributed by atoms with van der Waals surface area (Å²) in [7, 11) is 4.72. The molecule has 10 heteroatoms. The van der Waals surface area contributed by atoms with E-state index in [-0.39, 0.29) is 30.3 Å². The Labute approximate surface area is 251 Å². The standard InChI is InChI=1S/C33H39N3O7/c1-40-23-11-7-10-22(19-23)35-30(37)27-25-14-16-33(43-25)28(27)32(39)36(29(33)31(38)34-21-8-5-4-6-9-21)17-15-20-12-13-24(41-2)26(18-20)42-3/h7,10-14,16,18-19,21,25,27-29H,4-6,8-9,15,17H2,1-3H3,(H,34,38)(H,35,37)/t25-,27?,28-,29?,33?/m0/s1. The fourth-order valence-corrected chi connectivity index (χ4v) is 7.25. The third kappa shape index (κ3) is 5.22. The second kappa shape index (κ2) is 11.9. The van der Waals surface area contributed by atoms with Gasteiger partial charge in [0.05, 0.1) is 39.3 Å². The van der Waals surface area contributed by atoms with E-state index in [2.05, 4.69) is 10.6 Å². The lowest BCUT2D eigenvalue weighted by Crippen LogP contribution is -2.56. The number of rotatable bonds is 10. The Morgan fingerprint density at radius 2 is 1.77 bits per heavy atom. The van der Waals surface area contributed by atoms with Crippen molar-refractivity contribution in [1.82, 2.24) is 10.2 Å². The van der Waals surface area contributed by atoms with E-state index >= 15 is 0 Å². The number of nitrogens with zero attached hydrogens (tertiary/aromatic N) is 1. The highest BCUT2D eigenvalue weighted by atomic mass is 16.5. The average molecular weight is 590 g/mol. The zero-order valence-corrected chi connectivity index (χ0v) is 24.8. The predicted octanol–water partition coefficient (Wildman–Crippen LogP) is 3.49. The first-order valence-corrected chi connectivity index (χ1v) is 15.0. The van der Waals surface area contributed by atoms with E-state index in [0.29, 0.717) is 29.4 Å². The van der Waals surface area contributed by atoms with Crippen molar-refractivity contribution < 1.29 is 33.3 Å². The first-order chi connectivity index (χ1) is 20.9. The summed E-state index contributed by atoms with van der Waals surface area (Å²) in [6.07, 6.45) is 8.68. The molecule has 1 spiro atoms. The summed E-state index contributed by atoms with van der Waals surface area (Å²) in [4.78, 5) is 43.7. The third-order valence-electron chi connectivity index (χ3n) is 9.30. The summed E-state index contributed by atoms with van der Waals surface area (Å²) in [5, 5.41) is 6.18. The maximum Gasteiger partial charge on any atom is 0.246 e. The number of ether oxygens (including phenoxy) is 4. The predicted molar refractivity (Wildman–Crippen MR) is 159 cm³/mol. The highest BCUT2D eigenvalue weighted by molar-refractivity contribution is 6.02. The zero-order valence-electron chi connectivity index (χ0n) is 24.8. The molecule has 3 fully saturated rings. The Bertz CT molecular complexity index is 1420. The summed E-state index contributed by atoms with van der Waals surface area (Å²) in [6, 6.07) is 11.9. The summed E-state index contributed by atoms with van der Waals surface area (Å²) in [6.45, 7) is 0.279. The molecule has 0 radical (unpaired) electrons. The molecule has 228 valence electrons. The van der Waals surface area contributed by atoms with E-state index < -0.39 is 29.6 Å². The molecule has 43 heavy (non-hydrogen) atoms. The van der Waals surface area contributed by atoms with Crippen LogP contribution in [0.1, 0.15) is 37.7 Å². The van der Waals surface area contributed by atoms with E-state index in [4.69, 9.17) is 18.9 Å². The number of anilines is 1. The monoisotopic (exact) mass is 589 g/mol. The Hall–Kier alpha value is -4.05. The zero-order chi connectivity index (χ0) is 30.1. The molecule has 10 nitrogen and oxygen atoms in total. The lowest BCUT2D eigenvalue weighted by molar-refractivity contribution is -0.141. The van der Waals surface area contributed by atoms with Gasteiger partial charge in [0.25, 0.3) is 0 Å². The van der Waals surface area contributed by atoms with Crippen molar-refractivity contribution in [3.8, 4) is 17.2 Å². The minimum atomic E-state index is -1.21. The number of methoxy groups -OCH3 is 3. The van der Waals surface area contributed by atoms with Crippen molar-refractivity contribution >= 4 is 23.4 Å². The van der Waals surface area contributed by atoms with E-state index in [1.807, 2.05) is 30.4 Å². The second-order valence-corrected chi connectivity index (χ2v) is 11.7. The summed E-state index contributed by atoms with van der Waals surface area (Å²) in [5.74, 6) is -0.584. The summed E-state index contributed by atoms with van der Waals surface area (Å²) in [5.41, 5.74) is 0.279. The largest absolute Gasteiger partial charge is 0.497 e. The molecule has 1 saturated carbocycles. The fourth-order valence-electron chi connectivity index (χ4n) is 7.25. The topological polar surface area (TPSA) is 115 Å². The highest BCUT2D eigenvalue weighted by Gasteiger charge is 2.72. The van der Waals surface area contributed by atoms with Gasteiger partial charge in [0.1, 0.15) is 17.4 Å². The number of likely N-dealkylation sites (tertiary alicyclic amines) is 1. The van der Waals surface area contributed by atoms with Gasteiger partial charge in [-0.1, -0.05) is 43.5 Å². The minimum Gasteiger partial charge on any atom is -0.497 e. The van der Waals surface area contributed by atoms with Crippen molar-refractivity contribution in [3.63, 3.8) is 0 Å². The molecular formula is C33H39N3O7. The van der Waals surface area contributed by atoms with Crippen LogP contribution in [0.4, 0.5) is 5.69 Å². The van der Waals surface area contributed by atoms with E-state index in [0.717, 1.165) is 37.7 Å². The van der Waals surface area contributed by atoms with Gasteiger partial charge in [-0.05, 0) is 49.1 Å².